The van der Waals surface area contributed by atoms with E-state index >= 15 is 0 Å². The molecule has 0 aliphatic carbocycles. The van der Waals surface area contributed by atoms with Gasteiger partial charge in [0, 0.05) is 17.6 Å². The molecule has 1 saturated heterocycles. The Morgan fingerprint density at radius 2 is 1.78 bits per heavy atom. The van der Waals surface area contributed by atoms with Crippen LogP contribution < -0.4 is 4.90 Å². The fourth-order valence-electron chi connectivity index (χ4n) is 2.96. The lowest BCUT2D eigenvalue weighted by atomic mass is 9.94. The van der Waals surface area contributed by atoms with Crippen LogP contribution in [0.5, 0.6) is 0 Å². The molecule has 0 spiro atoms. The van der Waals surface area contributed by atoms with Crippen LogP contribution in [0.2, 0.25) is 0 Å². The third-order valence-corrected chi connectivity index (χ3v) is 4.27. The molecule has 0 unspecified atom stereocenters. The Labute approximate surface area is 159 Å². The fraction of sp³-hybridized carbons (Fsp3) is 0.550. The van der Waals surface area contributed by atoms with Crippen molar-refractivity contribution in [2.45, 2.75) is 34.6 Å². The molecule has 1 aliphatic heterocycles. The van der Waals surface area contributed by atoms with Crippen LogP contribution in [0.15, 0.2) is 24.3 Å². The fourth-order valence-corrected chi connectivity index (χ4v) is 2.96. The highest BCUT2D eigenvalue weighted by molar-refractivity contribution is 6.00. The molecule has 1 heterocycles. The first-order chi connectivity index (χ1) is 12.5. The molecule has 7 heteroatoms. The number of anilines is 1. The number of amides is 3. The second kappa shape index (κ2) is 8.06. The number of hydrogen-bond donors (Lipinski definition) is 0. The van der Waals surface area contributed by atoms with Gasteiger partial charge in [-0.1, -0.05) is 34.6 Å². The van der Waals surface area contributed by atoms with E-state index < -0.39 is 5.41 Å². The summed E-state index contributed by atoms with van der Waals surface area (Å²) in [5.41, 5.74) is -0.0441. The van der Waals surface area contributed by atoms with Gasteiger partial charge < -0.3 is 9.80 Å². The summed E-state index contributed by atoms with van der Waals surface area (Å²) in [4.78, 5) is 42.1. The van der Waals surface area contributed by atoms with Crippen LogP contribution in [0.25, 0.3) is 0 Å². The Balaban J connectivity index is 2.08. The topological polar surface area (TPSA) is 60.9 Å². The normalized spacial score (nSPS) is 14.9. The zero-order valence-corrected chi connectivity index (χ0v) is 16.7. The number of rotatable bonds is 5. The van der Waals surface area contributed by atoms with Gasteiger partial charge in [0.2, 0.25) is 17.7 Å². The lowest BCUT2D eigenvalue weighted by Crippen LogP contribution is -2.47. The largest absolute Gasteiger partial charge is 0.333 e. The van der Waals surface area contributed by atoms with E-state index in [-0.39, 0.29) is 49.2 Å². The first-order valence-electron chi connectivity index (χ1n) is 9.12. The summed E-state index contributed by atoms with van der Waals surface area (Å²) < 4.78 is 13.1. The summed E-state index contributed by atoms with van der Waals surface area (Å²) in [6, 6.07) is 5.57. The molecular weight excluding hydrogens is 349 g/mol. The van der Waals surface area contributed by atoms with Crippen molar-refractivity contribution >= 4 is 23.4 Å². The number of benzene rings is 1. The molecule has 27 heavy (non-hydrogen) atoms. The first kappa shape index (κ1) is 20.9. The van der Waals surface area contributed by atoms with Gasteiger partial charge in [0.1, 0.15) is 19.0 Å². The van der Waals surface area contributed by atoms with Crippen molar-refractivity contribution in [3.8, 4) is 0 Å². The zero-order chi connectivity index (χ0) is 20.4. The van der Waals surface area contributed by atoms with Crippen molar-refractivity contribution in [1.29, 1.82) is 0 Å². The predicted molar refractivity (Wildman–Crippen MR) is 101 cm³/mol. The average molecular weight is 377 g/mol. The Bertz CT molecular complexity index is 710. The van der Waals surface area contributed by atoms with Gasteiger partial charge in [-0.3, -0.25) is 19.3 Å². The summed E-state index contributed by atoms with van der Waals surface area (Å²) in [5.74, 6) is -0.757. The van der Waals surface area contributed by atoms with Gasteiger partial charge in [-0.05, 0) is 30.2 Å². The number of carbonyl (C=O) groups is 3. The van der Waals surface area contributed by atoms with Crippen LogP contribution in [0.1, 0.15) is 34.6 Å². The molecular formula is C20H28FN3O3. The van der Waals surface area contributed by atoms with Crippen molar-refractivity contribution in [3.05, 3.63) is 30.1 Å². The summed E-state index contributed by atoms with van der Waals surface area (Å²) in [6.07, 6.45) is 0. The predicted octanol–water partition coefficient (Wildman–Crippen LogP) is 2.49. The molecule has 2 rings (SSSR count). The quantitative estimate of drug-likeness (QED) is 0.792. The molecule has 0 radical (unpaired) electrons. The lowest BCUT2D eigenvalue weighted by Gasteiger charge is -2.31. The molecule has 1 aromatic rings. The summed E-state index contributed by atoms with van der Waals surface area (Å²) in [7, 11) is 0. The Hall–Kier alpha value is -2.44. The molecule has 0 aromatic heterocycles. The van der Waals surface area contributed by atoms with E-state index in [1.807, 2.05) is 34.6 Å². The highest BCUT2D eigenvalue weighted by atomic mass is 19.1. The van der Waals surface area contributed by atoms with Gasteiger partial charge in [-0.15, -0.1) is 0 Å². The van der Waals surface area contributed by atoms with E-state index in [0.29, 0.717) is 12.2 Å². The average Bonchev–Trinajstić information content (AvgIpc) is 2.95. The minimum absolute atomic E-state index is 0.0462. The molecule has 1 fully saturated rings. The van der Waals surface area contributed by atoms with Crippen molar-refractivity contribution in [2.24, 2.45) is 11.3 Å². The van der Waals surface area contributed by atoms with Gasteiger partial charge in [0.25, 0.3) is 0 Å². The molecule has 0 bridgehead atoms. The summed E-state index contributed by atoms with van der Waals surface area (Å²) in [6.45, 7) is 9.92. The van der Waals surface area contributed by atoms with E-state index in [4.69, 9.17) is 0 Å². The van der Waals surface area contributed by atoms with Crippen LogP contribution in [-0.4, -0.2) is 53.8 Å². The van der Waals surface area contributed by atoms with E-state index in [2.05, 4.69) is 0 Å². The molecule has 148 valence electrons. The maximum Gasteiger partial charge on any atom is 0.248 e. The minimum atomic E-state index is -0.587. The molecule has 1 aromatic carbocycles. The Morgan fingerprint density at radius 3 is 2.30 bits per heavy atom. The molecule has 1 aliphatic rings. The van der Waals surface area contributed by atoms with Crippen molar-refractivity contribution in [3.63, 3.8) is 0 Å². The van der Waals surface area contributed by atoms with Crippen LogP contribution in [0.3, 0.4) is 0 Å². The smallest absolute Gasteiger partial charge is 0.248 e. The van der Waals surface area contributed by atoms with E-state index in [1.54, 1.807) is 4.90 Å². The van der Waals surface area contributed by atoms with Gasteiger partial charge in [-0.25, -0.2) is 4.39 Å². The van der Waals surface area contributed by atoms with Crippen LogP contribution >= 0.6 is 0 Å². The van der Waals surface area contributed by atoms with Gasteiger partial charge in [0.15, 0.2) is 0 Å². The van der Waals surface area contributed by atoms with Crippen molar-refractivity contribution in [1.82, 2.24) is 9.80 Å². The van der Waals surface area contributed by atoms with E-state index in [1.165, 1.54) is 34.1 Å². The molecule has 0 atom stereocenters. The van der Waals surface area contributed by atoms with Crippen molar-refractivity contribution in [2.75, 3.05) is 31.2 Å². The first-order valence-corrected chi connectivity index (χ1v) is 9.12. The van der Waals surface area contributed by atoms with Crippen LogP contribution in [0, 0.1) is 17.2 Å². The van der Waals surface area contributed by atoms with Gasteiger partial charge in [-0.2, -0.15) is 0 Å². The standard InChI is InChI=1S/C20H28FN3O3/c1-14(2)10-22(19(27)20(3,4)5)11-17(25)23-12-18(26)24(13-23)16-8-6-15(21)7-9-16/h6-9,14H,10-13H2,1-5H3. The number of nitrogens with zero attached hydrogens (tertiary/aromatic N) is 3. The van der Waals surface area contributed by atoms with Crippen LogP contribution in [0.4, 0.5) is 10.1 Å². The molecule has 6 nitrogen and oxygen atoms in total. The number of carbonyl (C=O) groups excluding carboxylic acids is 3. The maximum atomic E-state index is 13.1. The van der Waals surface area contributed by atoms with Crippen molar-refractivity contribution < 1.29 is 18.8 Å². The highest BCUT2D eigenvalue weighted by Crippen LogP contribution is 2.21. The maximum absolute atomic E-state index is 13.1. The SMILES string of the molecule is CC(C)CN(CC(=O)N1CC(=O)N(c2ccc(F)cc2)C1)C(=O)C(C)(C)C. The number of halogens is 1. The Kier molecular flexibility index (Phi) is 6.23. The highest BCUT2D eigenvalue weighted by Gasteiger charge is 2.35. The second-order valence-corrected chi connectivity index (χ2v) is 8.36. The van der Waals surface area contributed by atoms with Gasteiger partial charge in [0.05, 0.1) is 6.54 Å². The van der Waals surface area contributed by atoms with E-state index in [0.717, 1.165) is 0 Å². The third kappa shape index (κ3) is 5.28. The van der Waals surface area contributed by atoms with Crippen LogP contribution in [-0.2, 0) is 14.4 Å². The minimum Gasteiger partial charge on any atom is -0.333 e. The summed E-state index contributed by atoms with van der Waals surface area (Å²) >= 11 is 0. The molecule has 0 N–H and O–H groups in total. The second-order valence-electron chi connectivity index (χ2n) is 8.36. The zero-order valence-electron chi connectivity index (χ0n) is 16.7. The van der Waals surface area contributed by atoms with E-state index in [9.17, 15) is 18.8 Å². The lowest BCUT2D eigenvalue weighted by molar-refractivity contribution is -0.145. The monoisotopic (exact) mass is 377 g/mol. The Morgan fingerprint density at radius 1 is 1.19 bits per heavy atom. The third-order valence-electron chi connectivity index (χ3n) is 4.27. The number of hydrogen-bond acceptors (Lipinski definition) is 3. The molecule has 0 saturated carbocycles. The summed E-state index contributed by atoms with van der Waals surface area (Å²) in [5, 5.41) is 0. The molecule has 3 amide bonds. The van der Waals surface area contributed by atoms with Gasteiger partial charge >= 0.3 is 0 Å².